The summed E-state index contributed by atoms with van der Waals surface area (Å²) >= 11 is 0. The van der Waals surface area contributed by atoms with E-state index in [1.807, 2.05) is 0 Å². The smallest absolute Gasteiger partial charge is 0.303 e. The molecule has 0 heterocycles. The zero-order valence-electron chi connectivity index (χ0n) is 6.75. The standard InChI is InChI=1S/C7H13NO4/c9-6(8-12)4-2-1-3-5-7(10)11/h12H,1-5H2,(H,8,9)(H,10,11). The fraction of sp³-hybridized carbons (Fsp3) is 0.714. The van der Waals surface area contributed by atoms with E-state index in [9.17, 15) is 9.59 Å². The molecule has 5 heteroatoms. The molecule has 0 aromatic heterocycles. The maximum absolute atomic E-state index is 10.4. The Morgan fingerprint density at radius 3 is 2.17 bits per heavy atom. The van der Waals surface area contributed by atoms with E-state index in [1.165, 1.54) is 5.48 Å². The Morgan fingerprint density at radius 2 is 1.67 bits per heavy atom. The summed E-state index contributed by atoms with van der Waals surface area (Å²) in [4.78, 5) is 20.5. The third-order valence-corrected chi connectivity index (χ3v) is 1.42. The third kappa shape index (κ3) is 7.01. The molecule has 0 aromatic rings. The number of rotatable bonds is 6. The molecule has 0 bridgehead atoms. The highest BCUT2D eigenvalue weighted by molar-refractivity contribution is 5.74. The van der Waals surface area contributed by atoms with Crippen LogP contribution in [0.2, 0.25) is 0 Å². The van der Waals surface area contributed by atoms with Crippen LogP contribution in [0.3, 0.4) is 0 Å². The first kappa shape index (κ1) is 10.9. The van der Waals surface area contributed by atoms with Gasteiger partial charge >= 0.3 is 5.97 Å². The van der Waals surface area contributed by atoms with Crippen LogP contribution in [0.25, 0.3) is 0 Å². The summed E-state index contributed by atoms with van der Waals surface area (Å²) in [6.45, 7) is 0. The molecule has 0 aliphatic rings. The summed E-state index contributed by atoms with van der Waals surface area (Å²) in [6.07, 6.45) is 2.27. The first-order chi connectivity index (χ1) is 5.66. The van der Waals surface area contributed by atoms with E-state index in [0.717, 1.165) is 0 Å². The van der Waals surface area contributed by atoms with Gasteiger partial charge in [0, 0.05) is 12.8 Å². The fourth-order valence-corrected chi connectivity index (χ4v) is 0.794. The van der Waals surface area contributed by atoms with Crippen molar-refractivity contribution in [3.8, 4) is 0 Å². The number of amides is 1. The molecule has 1 amide bonds. The number of hydroxylamine groups is 1. The van der Waals surface area contributed by atoms with Crippen LogP contribution in [-0.2, 0) is 9.59 Å². The molecule has 0 saturated heterocycles. The Morgan fingerprint density at radius 1 is 1.08 bits per heavy atom. The number of nitrogens with one attached hydrogen (secondary N) is 1. The zero-order chi connectivity index (χ0) is 9.40. The summed E-state index contributed by atoms with van der Waals surface area (Å²) in [6, 6.07) is 0. The average molecular weight is 175 g/mol. The molecule has 0 fully saturated rings. The highest BCUT2D eigenvalue weighted by atomic mass is 16.5. The third-order valence-electron chi connectivity index (χ3n) is 1.42. The molecule has 0 radical (unpaired) electrons. The average Bonchev–Trinajstić information content (AvgIpc) is 2.03. The summed E-state index contributed by atoms with van der Waals surface area (Å²) in [5, 5.41) is 16.3. The van der Waals surface area contributed by atoms with Crippen LogP contribution in [0.15, 0.2) is 0 Å². The molecule has 3 N–H and O–H groups in total. The van der Waals surface area contributed by atoms with E-state index in [2.05, 4.69) is 0 Å². The molecule has 0 spiro atoms. The number of hydrogen-bond donors (Lipinski definition) is 3. The largest absolute Gasteiger partial charge is 0.481 e. The number of carbonyl (C=O) groups is 2. The van der Waals surface area contributed by atoms with Crippen LogP contribution in [0.1, 0.15) is 32.1 Å². The summed E-state index contributed by atoms with van der Waals surface area (Å²) < 4.78 is 0. The highest BCUT2D eigenvalue weighted by Crippen LogP contribution is 2.02. The van der Waals surface area contributed by atoms with E-state index < -0.39 is 11.9 Å². The normalized spacial score (nSPS) is 9.42. The molecular weight excluding hydrogens is 162 g/mol. The van der Waals surface area contributed by atoms with E-state index in [0.29, 0.717) is 19.3 Å². The number of carboxylic acid groups (broad SMARTS) is 1. The summed E-state index contributed by atoms with van der Waals surface area (Å²) in [5.74, 6) is -1.24. The minimum Gasteiger partial charge on any atom is -0.481 e. The van der Waals surface area contributed by atoms with E-state index >= 15 is 0 Å². The van der Waals surface area contributed by atoms with Gasteiger partial charge in [-0.25, -0.2) is 5.48 Å². The quantitative estimate of drug-likeness (QED) is 0.312. The van der Waals surface area contributed by atoms with E-state index in [1.54, 1.807) is 0 Å². The Hall–Kier alpha value is -1.10. The van der Waals surface area contributed by atoms with Crippen molar-refractivity contribution in [3.63, 3.8) is 0 Å². The maximum Gasteiger partial charge on any atom is 0.303 e. The Balaban J connectivity index is 3.11. The zero-order valence-corrected chi connectivity index (χ0v) is 6.75. The Kier molecular flexibility index (Phi) is 6.00. The fourth-order valence-electron chi connectivity index (χ4n) is 0.794. The van der Waals surface area contributed by atoms with Crippen molar-refractivity contribution in [1.29, 1.82) is 0 Å². The lowest BCUT2D eigenvalue weighted by atomic mass is 10.1. The van der Waals surface area contributed by atoms with Crippen LogP contribution in [0.4, 0.5) is 0 Å². The van der Waals surface area contributed by atoms with Gasteiger partial charge in [0.1, 0.15) is 0 Å². The van der Waals surface area contributed by atoms with Crippen molar-refractivity contribution in [2.75, 3.05) is 0 Å². The SMILES string of the molecule is O=C(O)CCCCCC(=O)NO. The molecule has 70 valence electrons. The molecule has 0 unspecified atom stereocenters. The van der Waals surface area contributed by atoms with Crippen molar-refractivity contribution in [2.45, 2.75) is 32.1 Å². The molecule has 0 atom stereocenters. The highest BCUT2D eigenvalue weighted by Gasteiger charge is 1.99. The van der Waals surface area contributed by atoms with Crippen LogP contribution in [0, 0.1) is 0 Å². The molecule has 0 aliphatic carbocycles. The predicted octanol–water partition coefficient (Wildman–Crippen LogP) is 0.527. The van der Waals surface area contributed by atoms with Crippen LogP contribution in [-0.4, -0.2) is 22.2 Å². The van der Waals surface area contributed by atoms with Crippen molar-refractivity contribution in [2.24, 2.45) is 0 Å². The van der Waals surface area contributed by atoms with Gasteiger partial charge in [0.05, 0.1) is 0 Å². The van der Waals surface area contributed by atoms with Gasteiger partial charge in [-0.15, -0.1) is 0 Å². The molecule has 0 aromatic carbocycles. The second-order valence-electron chi connectivity index (χ2n) is 2.49. The Bertz CT molecular complexity index is 157. The second-order valence-corrected chi connectivity index (χ2v) is 2.49. The monoisotopic (exact) mass is 175 g/mol. The van der Waals surface area contributed by atoms with Crippen molar-refractivity contribution in [1.82, 2.24) is 5.48 Å². The van der Waals surface area contributed by atoms with Crippen molar-refractivity contribution >= 4 is 11.9 Å². The maximum atomic E-state index is 10.4. The second kappa shape index (κ2) is 6.60. The van der Waals surface area contributed by atoms with Crippen LogP contribution < -0.4 is 5.48 Å². The van der Waals surface area contributed by atoms with Gasteiger partial charge < -0.3 is 5.11 Å². The topological polar surface area (TPSA) is 86.6 Å². The van der Waals surface area contributed by atoms with Gasteiger partial charge in [-0.1, -0.05) is 6.42 Å². The number of carboxylic acids is 1. The lowest BCUT2D eigenvalue weighted by Crippen LogP contribution is -2.17. The number of unbranched alkanes of at least 4 members (excludes halogenated alkanes) is 2. The van der Waals surface area contributed by atoms with Gasteiger partial charge in [-0.2, -0.15) is 0 Å². The number of carbonyl (C=O) groups excluding carboxylic acids is 1. The summed E-state index contributed by atoms with van der Waals surface area (Å²) in [7, 11) is 0. The van der Waals surface area contributed by atoms with Gasteiger partial charge in [0.15, 0.2) is 0 Å². The first-order valence-electron chi connectivity index (χ1n) is 3.81. The van der Waals surface area contributed by atoms with Crippen molar-refractivity contribution < 1.29 is 19.9 Å². The predicted molar refractivity (Wildman–Crippen MR) is 40.7 cm³/mol. The van der Waals surface area contributed by atoms with Crippen molar-refractivity contribution in [3.05, 3.63) is 0 Å². The molecule has 5 nitrogen and oxygen atoms in total. The lowest BCUT2D eigenvalue weighted by molar-refractivity contribution is -0.137. The molecule has 0 rings (SSSR count). The molecular formula is C7H13NO4. The van der Waals surface area contributed by atoms with E-state index in [-0.39, 0.29) is 12.8 Å². The van der Waals surface area contributed by atoms with Gasteiger partial charge in [0.2, 0.25) is 5.91 Å². The van der Waals surface area contributed by atoms with Crippen LogP contribution in [0.5, 0.6) is 0 Å². The first-order valence-corrected chi connectivity index (χ1v) is 3.81. The molecule has 0 saturated carbocycles. The Labute approximate surface area is 70.3 Å². The minimum absolute atomic E-state index is 0.140. The minimum atomic E-state index is -0.818. The van der Waals surface area contributed by atoms with Gasteiger partial charge in [-0.3, -0.25) is 14.8 Å². The van der Waals surface area contributed by atoms with Crippen LogP contribution >= 0.6 is 0 Å². The molecule has 0 aliphatic heterocycles. The van der Waals surface area contributed by atoms with Gasteiger partial charge in [-0.05, 0) is 12.8 Å². The lowest BCUT2D eigenvalue weighted by Gasteiger charge is -1.97. The number of hydrogen-bond acceptors (Lipinski definition) is 3. The molecule has 12 heavy (non-hydrogen) atoms. The summed E-state index contributed by atoms with van der Waals surface area (Å²) in [5.41, 5.74) is 1.51. The number of aliphatic carboxylic acids is 1. The van der Waals surface area contributed by atoms with Gasteiger partial charge in [0.25, 0.3) is 0 Å². The van der Waals surface area contributed by atoms with E-state index in [4.69, 9.17) is 10.3 Å².